The van der Waals surface area contributed by atoms with Crippen LogP contribution >= 0.6 is 0 Å². The first kappa shape index (κ1) is 11.6. The van der Waals surface area contributed by atoms with E-state index in [-0.39, 0.29) is 17.8 Å². The summed E-state index contributed by atoms with van der Waals surface area (Å²) in [6.07, 6.45) is 6.35. The third-order valence-electron chi connectivity index (χ3n) is 3.76. The van der Waals surface area contributed by atoms with Gasteiger partial charge in [0.25, 0.3) is 0 Å². The van der Waals surface area contributed by atoms with Crippen LogP contribution in [-0.2, 0) is 14.3 Å². The highest BCUT2D eigenvalue weighted by molar-refractivity contribution is 5.91. The zero-order valence-electron chi connectivity index (χ0n) is 9.91. The monoisotopic (exact) mass is 224 g/mol. The Bertz CT molecular complexity index is 279. The van der Waals surface area contributed by atoms with Crippen LogP contribution in [0.25, 0.3) is 0 Å². The van der Waals surface area contributed by atoms with E-state index >= 15 is 0 Å². The minimum atomic E-state index is -0.174. The molecule has 0 aromatic heterocycles. The summed E-state index contributed by atoms with van der Waals surface area (Å²) in [5, 5.41) is 0. The number of rotatable bonds is 5. The van der Waals surface area contributed by atoms with Gasteiger partial charge in [-0.25, -0.2) is 0 Å². The maximum Gasteiger partial charge on any atom is 0.309 e. The quantitative estimate of drug-likeness (QED) is 0.673. The summed E-state index contributed by atoms with van der Waals surface area (Å²) in [4.78, 5) is 23.3. The van der Waals surface area contributed by atoms with Crippen molar-refractivity contribution < 1.29 is 14.3 Å². The van der Waals surface area contributed by atoms with E-state index < -0.39 is 0 Å². The number of Topliss-reactive ketones (excluding diaryl/α,β-unsaturated/α-hetero) is 1. The van der Waals surface area contributed by atoms with E-state index in [2.05, 4.69) is 0 Å². The molecule has 0 aromatic rings. The Morgan fingerprint density at radius 1 is 1.19 bits per heavy atom. The van der Waals surface area contributed by atoms with Crippen molar-refractivity contribution in [1.82, 2.24) is 0 Å². The maximum absolute atomic E-state index is 11.9. The van der Waals surface area contributed by atoms with Crippen LogP contribution in [0.5, 0.6) is 0 Å². The first-order valence-corrected chi connectivity index (χ1v) is 6.41. The standard InChI is InChI=1S/C13H20O3/c1-2-16-13(15)11-8-10(11)12(14)7-9-5-3-4-6-9/h9-11H,2-8H2,1H3/t10-,11-/m1/s1. The second-order valence-corrected chi connectivity index (χ2v) is 5.02. The fraction of sp³-hybridized carbons (Fsp3) is 0.846. The van der Waals surface area contributed by atoms with Gasteiger partial charge in [0.1, 0.15) is 5.78 Å². The molecule has 0 radical (unpaired) electrons. The number of ether oxygens (including phenoxy) is 1. The molecule has 90 valence electrons. The summed E-state index contributed by atoms with van der Waals surface area (Å²) in [7, 11) is 0. The minimum Gasteiger partial charge on any atom is -0.466 e. The van der Waals surface area contributed by atoms with E-state index in [4.69, 9.17) is 4.74 Å². The molecule has 0 unspecified atom stereocenters. The first-order chi connectivity index (χ1) is 7.72. The molecule has 2 saturated carbocycles. The molecule has 2 atom stereocenters. The number of carbonyl (C=O) groups excluding carboxylic acids is 2. The molecule has 2 aliphatic carbocycles. The molecule has 2 rings (SSSR count). The van der Waals surface area contributed by atoms with Gasteiger partial charge in [0.2, 0.25) is 0 Å². The molecular weight excluding hydrogens is 204 g/mol. The van der Waals surface area contributed by atoms with Crippen molar-refractivity contribution >= 4 is 11.8 Å². The average molecular weight is 224 g/mol. The number of esters is 1. The summed E-state index contributed by atoms with van der Waals surface area (Å²) in [6, 6.07) is 0. The van der Waals surface area contributed by atoms with Crippen molar-refractivity contribution in [3.05, 3.63) is 0 Å². The largest absolute Gasteiger partial charge is 0.466 e. The van der Waals surface area contributed by atoms with Crippen LogP contribution in [0.15, 0.2) is 0 Å². The van der Waals surface area contributed by atoms with Crippen molar-refractivity contribution in [2.45, 2.75) is 45.4 Å². The van der Waals surface area contributed by atoms with E-state index in [1.807, 2.05) is 0 Å². The van der Waals surface area contributed by atoms with Gasteiger partial charge < -0.3 is 4.74 Å². The summed E-state index contributed by atoms with van der Waals surface area (Å²) in [5.41, 5.74) is 0. The van der Waals surface area contributed by atoms with E-state index in [1.54, 1.807) is 6.92 Å². The molecule has 3 heteroatoms. The normalized spacial score (nSPS) is 29.1. The van der Waals surface area contributed by atoms with Crippen LogP contribution in [0.3, 0.4) is 0 Å². The average Bonchev–Trinajstić information content (AvgIpc) is 2.91. The van der Waals surface area contributed by atoms with E-state index in [0.717, 1.165) is 6.42 Å². The highest BCUT2D eigenvalue weighted by Crippen LogP contribution is 2.42. The molecule has 0 aromatic carbocycles. The molecule has 0 heterocycles. The van der Waals surface area contributed by atoms with Gasteiger partial charge in [0.15, 0.2) is 0 Å². The third kappa shape index (κ3) is 2.63. The molecule has 3 nitrogen and oxygen atoms in total. The molecule has 0 aliphatic heterocycles. The van der Waals surface area contributed by atoms with Gasteiger partial charge in [-0.05, 0) is 19.3 Å². The Morgan fingerprint density at radius 3 is 2.50 bits per heavy atom. The lowest BCUT2D eigenvalue weighted by Crippen LogP contribution is -2.13. The van der Waals surface area contributed by atoms with E-state index in [9.17, 15) is 9.59 Å². The zero-order chi connectivity index (χ0) is 11.5. The van der Waals surface area contributed by atoms with Crippen LogP contribution < -0.4 is 0 Å². The van der Waals surface area contributed by atoms with E-state index in [0.29, 0.717) is 24.7 Å². The fourth-order valence-corrected chi connectivity index (χ4v) is 2.71. The number of hydrogen-bond acceptors (Lipinski definition) is 3. The predicted octanol–water partition coefficient (Wildman–Crippen LogP) is 2.33. The lowest BCUT2D eigenvalue weighted by atomic mass is 9.98. The van der Waals surface area contributed by atoms with Gasteiger partial charge in [-0.15, -0.1) is 0 Å². The molecule has 16 heavy (non-hydrogen) atoms. The lowest BCUT2D eigenvalue weighted by Gasteiger charge is -2.07. The van der Waals surface area contributed by atoms with Crippen molar-refractivity contribution in [3.63, 3.8) is 0 Å². The van der Waals surface area contributed by atoms with Crippen LogP contribution in [0.2, 0.25) is 0 Å². The molecule has 0 saturated heterocycles. The van der Waals surface area contributed by atoms with E-state index in [1.165, 1.54) is 25.7 Å². The smallest absolute Gasteiger partial charge is 0.309 e. The highest BCUT2D eigenvalue weighted by atomic mass is 16.5. The predicted molar refractivity (Wildman–Crippen MR) is 59.8 cm³/mol. The number of hydrogen-bond donors (Lipinski definition) is 0. The van der Waals surface area contributed by atoms with Crippen LogP contribution in [0, 0.1) is 17.8 Å². The van der Waals surface area contributed by atoms with Gasteiger partial charge in [-0.1, -0.05) is 25.7 Å². The molecule has 0 amide bonds. The third-order valence-corrected chi connectivity index (χ3v) is 3.76. The molecule has 2 fully saturated rings. The molecule has 2 aliphatic rings. The summed E-state index contributed by atoms with van der Waals surface area (Å²) < 4.78 is 4.93. The van der Waals surface area contributed by atoms with Crippen LogP contribution in [-0.4, -0.2) is 18.4 Å². The SMILES string of the molecule is CCOC(=O)[C@@H]1C[C@H]1C(=O)CC1CCCC1. The van der Waals surface area contributed by atoms with Gasteiger partial charge in [0, 0.05) is 12.3 Å². The summed E-state index contributed by atoms with van der Waals surface area (Å²) in [6.45, 7) is 2.22. The zero-order valence-corrected chi connectivity index (χ0v) is 9.91. The molecule has 0 bridgehead atoms. The summed E-state index contributed by atoms with van der Waals surface area (Å²) in [5.74, 6) is 0.585. The summed E-state index contributed by atoms with van der Waals surface area (Å²) >= 11 is 0. The van der Waals surface area contributed by atoms with Gasteiger partial charge in [-0.2, -0.15) is 0 Å². The molecule has 0 N–H and O–H groups in total. The molecule has 0 spiro atoms. The minimum absolute atomic E-state index is 0.0142. The number of ketones is 1. The fourth-order valence-electron chi connectivity index (χ4n) is 2.71. The highest BCUT2D eigenvalue weighted by Gasteiger charge is 2.48. The van der Waals surface area contributed by atoms with Gasteiger partial charge in [-0.3, -0.25) is 9.59 Å². The van der Waals surface area contributed by atoms with Crippen molar-refractivity contribution in [3.8, 4) is 0 Å². The van der Waals surface area contributed by atoms with Gasteiger partial charge in [0.05, 0.1) is 12.5 Å². The van der Waals surface area contributed by atoms with Gasteiger partial charge >= 0.3 is 5.97 Å². The first-order valence-electron chi connectivity index (χ1n) is 6.41. The second-order valence-electron chi connectivity index (χ2n) is 5.02. The Labute approximate surface area is 96.5 Å². The Hall–Kier alpha value is -0.860. The molecular formula is C13H20O3. The van der Waals surface area contributed by atoms with Crippen LogP contribution in [0.4, 0.5) is 0 Å². The Morgan fingerprint density at radius 2 is 1.88 bits per heavy atom. The number of carbonyl (C=O) groups is 2. The van der Waals surface area contributed by atoms with Crippen LogP contribution in [0.1, 0.15) is 45.4 Å². The van der Waals surface area contributed by atoms with Crippen molar-refractivity contribution in [1.29, 1.82) is 0 Å². The Kier molecular flexibility index (Phi) is 3.62. The lowest BCUT2D eigenvalue weighted by molar-refractivity contribution is -0.145. The maximum atomic E-state index is 11.9. The second kappa shape index (κ2) is 4.98. The Balaban J connectivity index is 1.73. The van der Waals surface area contributed by atoms with Crippen molar-refractivity contribution in [2.75, 3.05) is 6.61 Å². The topological polar surface area (TPSA) is 43.4 Å². The van der Waals surface area contributed by atoms with Crippen molar-refractivity contribution in [2.24, 2.45) is 17.8 Å².